The number of aryl methyl sites for hydroxylation is 1. The second-order valence-electron chi connectivity index (χ2n) is 6.92. The van der Waals surface area contributed by atoms with Gasteiger partial charge in [0.15, 0.2) is 6.61 Å². The summed E-state index contributed by atoms with van der Waals surface area (Å²) in [6, 6.07) is 9.66. The average Bonchev–Trinajstić information content (AvgIpc) is 2.66. The van der Waals surface area contributed by atoms with Crippen LogP contribution in [0, 0.1) is 12.8 Å². The second kappa shape index (κ2) is 7.72. The quantitative estimate of drug-likeness (QED) is 0.501. The number of carbonyl (C=O) groups excluding carboxylic acids is 1. The van der Waals surface area contributed by atoms with Crippen molar-refractivity contribution in [2.24, 2.45) is 5.92 Å². The highest BCUT2D eigenvalue weighted by atomic mass is 16.5. The Morgan fingerprint density at radius 1 is 1.11 bits per heavy atom. The van der Waals surface area contributed by atoms with Crippen LogP contribution in [-0.4, -0.2) is 29.6 Å². The summed E-state index contributed by atoms with van der Waals surface area (Å²) in [7, 11) is 0. The lowest BCUT2D eigenvalue weighted by molar-refractivity contribution is -0.143. The maximum Gasteiger partial charge on any atom is 0.344 e. The molecule has 0 unspecified atom stereocenters. The number of rotatable bonds is 6. The highest BCUT2D eigenvalue weighted by Gasteiger charge is 2.23. The second-order valence-corrected chi connectivity index (χ2v) is 6.92. The van der Waals surface area contributed by atoms with Crippen LogP contribution >= 0.6 is 0 Å². The van der Waals surface area contributed by atoms with Crippen LogP contribution in [-0.2, 0) is 9.59 Å². The van der Waals surface area contributed by atoms with E-state index in [1.165, 1.54) is 0 Å². The van der Waals surface area contributed by atoms with Crippen molar-refractivity contribution in [3.8, 4) is 5.75 Å². The zero-order valence-corrected chi connectivity index (χ0v) is 15.8. The number of hydrogen-bond acceptors (Lipinski definition) is 5. The van der Waals surface area contributed by atoms with E-state index in [2.05, 4.69) is 5.32 Å². The molecular formula is C21H21NO6. The molecule has 3 rings (SSSR count). The molecule has 7 nitrogen and oxygen atoms in total. The minimum atomic E-state index is -1.10. The molecule has 0 aliphatic carbocycles. The minimum absolute atomic E-state index is 0.258. The van der Waals surface area contributed by atoms with E-state index in [4.69, 9.17) is 14.3 Å². The predicted octanol–water partition coefficient (Wildman–Crippen LogP) is 2.86. The molecule has 0 saturated carbocycles. The van der Waals surface area contributed by atoms with Gasteiger partial charge in [0, 0.05) is 10.9 Å². The maximum atomic E-state index is 12.2. The Bertz CT molecular complexity index is 1120. The van der Waals surface area contributed by atoms with Crippen LogP contribution < -0.4 is 15.7 Å². The van der Waals surface area contributed by atoms with Gasteiger partial charge in [0.05, 0.1) is 5.39 Å². The van der Waals surface area contributed by atoms with Gasteiger partial charge >= 0.3 is 11.6 Å². The number of aliphatic carboxylic acids is 1. The molecule has 1 aromatic heterocycles. The zero-order chi connectivity index (χ0) is 20.4. The van der Waals surface area contributed by atoms with Crippen molar-refractivity contribution in [2.45, 2.75) is 26.8 Å². The number of carboxylic acid groups (broad SMARTS) is 1. The molecule has 0 aliphatic rings. The summed E-state index contributed by atoms with van der Waals surface area (Å²) in [6.07, 6.45) is 0. The summed E-state index contributed by atoms with van der Waals surface area (Å²) in [5.41, 5.74) is 0.543. The van der Waals surface area contributed by atoms with E-state index in [0.29, 0.717) is 22.3 Å². The van der Waals surface area contributed by atoms with E-state index >= 15 is 0 Å². The van der Waals surface area contributed by atoms with E-state index in [1.807, 2.05) is 12.1 Å². The van der Waals surface area contributed by atoms with Crippen LogP contribution in [0.2, 0.25) is 0 Å². The van der Waals surface area contributed by atoms with Crippen molar-refractivity contribution >= 4 is 33.6 Å². The zero-order valence-electron chi connectivity index (χ0n) is 15.8. The fourth-order valence-electron chi connectivity index (χ4n) is 3.09. The van der Waals surface area contributed by atoms with Crippen molar-refractivity contribution in [3.63, 3.8) is 0 Å². The van der Waals surface area contributed by atoms with Gasteiger partial charge in [-0.25, -0.2) is 9.59 Å². The number of carboxylic acids is 1. The van der Waals surface area contributed by atoms with Crippen LogP contribution in [0.4, 0.5) is 0 Å². The molecule has 7 heteroatoms. The number of fused-ring (bicyclic) bond motifs is 3. The van der Waals surface area contributed by atoms with Gasteiger partial charge in [-0.1, -0.05) is 32.0 Å². The first-order valence-corrected chi connectivity index (χ1v) is 8.89. The highest BCUT2D eigenvalue weighted by molar-refractivity contribution is 6.05. The van der Waals surface area contributed by atoms with Gasteiger partial charge in [-0.15, -0.1) is 0 Å². The van der Waals surface area contributed by atoms with Gasteiger partial charge in [-0.05, 0) is 36.4 Å². The standard InChI is InChI=1S/C21H21NO6/c1-11(2)18(20(24)25)22-17(23)10-27-16-9-8-14-13-6-4-5-7-15(13)21(26)28-19(14)12(16)3/h4-9,11,18H,10H2,1-3H3,(H,22,23)(H,24,25)/t18-/m0/s1. The molecule has 0 radical (unpaired) electrons. The van der Waals surface area contributed by atoms with Gasteiger partial charge in [0.1, 0.15) is 17.4 Å². The Kier molecular flexibility index (Phi) is 5.35. The third kappa shape index (κ3) is 3.69. The van der Waals surface area contributed by atoms with E-state index in [-0.39, 0.29) is 12.5 Å². The normalized spacial score (nSPS) is 12.3. The van der Waals surface area contributed by atoms with Crippen molar-refractivity contribution in [1.29, 1.82) is 0 Å². The summed E-state index contributed by atoms with van der Waals surface area (Å²) in [4.78, 5) is 35.5. The van der Waals surface area contributed by atoms with Gasteiger partial charge in [-0.2, -0.15) is 0 Å². The van der Waals surface area contributed by atoms with Crippen LogP contribution in [0.25, 0.3) is 21.7 Å². The third-order valence-corrected chi connectivity index (χ3v) is 4.60. The van der Waals surface area contributed by atoms with Gasteiger partial charge in [0.25, 0.3) is 5.91 Å². The molecule has 0 fully saturated rings. The molecule has 0 saturated heterocycles. The highest BCUT2D eigenvalue weighted by Crippen LogP contribution is 2.30. The fourth-order valence-corrected chi connectivity index (χ4v) is 3.09. The summed E-state index contributed by atoms with van der Waals surface area (Å²) < 4.78 is 11.0. The lowest BCUT2D eigenvalue weighted by Crippen LogP contribution is -2.46. The first-order chi connectivity index (χ1) is 13.3. The van der Waals surface area contributed by atoms with Crippen LogP contribution in [0.5, 0.6) is 5.75 Å². The van der Waals surface area contributed by atoms with Gasteiger partial charge in [-0.3, -0.25) is 4.79 Å². The van der Waals surface area contributed by atoms with Crippen molar-refractivity contribution in [1.82, 2.24) is 5.32 Å². The fraction of sp³-hybridized carbons (Fsp3) is 0.286. The number of benzene rings is 2. The number of ether oxygens (including phenoxy) is 1. The molecule has 2 aromatic carbocycles. The first kappa shape index (κ1) is 19.4. The lowest BCUT2D eigenvalue weighted by atomic mass is 10.0. The maximum absolute atomic E-state index is 12.2. The van der Waals surface area contributed by atoms with Crippen molar-refractivity contribution in [3.05, 3.63) is 52.4 Å². The molecular weight excluding hydrogens is 362 g/mol. The molecule has 1 atom stereocenters. The average molecular weight is 383 g/mol. The molecule has 3 aromatic rings. The molecule has 1 heterocycles. The smallest absolute Gasteiger partial charge is 0.344 e. The molecule has 28 heavy (non-hydrogen) atoms. The number of amides is 1. The Hall–Kier alpha value is -3.35. The topological polar surface area (TPSA) is 106 Å². The summed E-state index contributed by atoms with van der Waals surface area (Å²) in [5, 5.41) is 13.6. The molecule has 0 aliphatic heterocycles. The van der Waals surface area contributed by atoms with Crippen LogP contribution in [0.3, 0.4) is 0 Å². The molecule has 1 amide bonds. The van der Waals surface area contributed by atoms with Gasteiger partial charge in [0.2, 0.25) is 0 Å². The lowest BCUT2D eigenvalue weighted by Gasteiger charge is -2.18. The Morgan fingerprint density at radius 3 is 2.43 bits per heavy atom. The minimum Gasteiger partial charge on any atom is -0.483 e. The number of hydrogen-bond donors (Lipinski definition) is 2. The molecule has 0 bridgehead atoms. The Labute approximate surface area is 160 Å². The summed E-state index contributed by atoms with van der Waals surface area (Å²) in [5.74, 6) is -1.51. The van der Waals surface area contributed by atoms with Crippen molar-refractivity contribution in [2.75, 3.05) is 6.61 Å². The predicted molar refractivity (Wildman–Crippen MR) is 105 cm³/mol. The van der Waals surface area contributed by atoms with Crippen LogP contribution in [0.15, 0.2) is 45.6 Å². The van der Waals surface area contributed by atoms with E-state index < -0.39 is 23.5 Å². The third-order valence-electron chi connectivity index (χ3n) is 4.60. The summed E-state index contributed by atoms with van der Waals surface area (Å²) in [6.45, 7) is 4.81. The van der Waals surface area contributed by atoms with E-state index in [9.17, 15) is 14.4 Å². The molecule has 2 N–H and O–H groups in total. The monoisotopic (exact) mass is 383 g/mol. The first-order valence-electron chi connectivity index (χ1n) is 8.89. The molecule has 146 valence electrons. The Morgan fingerprint density at radius 2 is 1.79 bits per heavy atom. The van der Waals surface area contributed by atoms with E-state index in [0.717, 1.165) is 10.8 Å². The largest absolute Gasteiger partial charge is 0.483 e. The SMILES string of the molecule is Cc1c(OCC(=O)N[C@H](C(=O)O)C(C)C)ccc2c1oc(=O)c1ccccc12. The number of carbonyl (C=O) groups is 2. The van der Waals surface area contributed by atoms with Crippen molar-refractivity contribution < 1.29 is 23.8 Å². The van der Waals surface area contributed by atoms with Crippen LogP contribution in [0.1, 0.15) is 19.4 Å². The van der Waals surface area contributed by atoms with Gasteiger partial charge < -0.3 is 19.6 Å². The number of nitrogens with one attached hydrogen (secondary N) is 1. The van der Waals surface area contributed by atoms with E-state index in [1.54, 1.807) is 45.0 Å². The Balaban J connectivity index is 1.86. The molecule has 0 spiro atoms. The summed E-state index contributed by atoms with van der Waals surface area (Å²) >= 11 is 0.